The highest BCUT2D eigenvalue weighted by molar-refractivity contribution is 7.09. The molecule has 17 heavy (non-hydrogen) atoms. The van der Waals surface area contributed by atoms with Gasteiger partial charge in [-0.25, -0.2) is 0 Å². The summed E-state index contributed by atoms with van der Waals surface area (Å²) in [7, 11) is 0. The lowest BCUT2D eigenvalue weighted by atomic mass is 10.3. The number of hydrogen-bond acceptors (Lipinski definition) is 4. The number of rotatable bonds is 8. The van der Waals surface area contributed by atoms with Crippen molar-refractivity contribution in [2.45, 2.75) is 26.6 Å². The number of allylic oxidation sites excluding steroid dienone is 1. The van der Waals surface area contributed by atoms with Crippen LogP contribution >= 0.6 is 11.3 Å². The number of aliphatic hydroxyl groups excluding tert-OH is 1. The molecule has 1 unspecified atom stereocenters. The van der Waals surface area contributed by atoms with Crippen molar-refractivity contribution in [3.8, 4) is 0 Å². The second-order valence-electron chi connectivity index (χ2n) is 4.19. The van der Waals surface area contributed by atoms with Crippen molar-refractivity contribution >= 4 is 11.3 Å². The van der Waals surface area contributed by atoms with E-state index in [0.29, 0.717) is 19.8 Å². The van der Waals surface area contributed by atoms with E-state index in [1.54, 1.807) is 11.3 Å². The Kier molecular flexibility index (Phi) is 7.12. The fourth-order valence-corrected chi connectivity index (χ4v) is 1.92. The molecule has 0 radical (unpaired) electrons. The van der Waals surface area contributed by atoms with Crippen molar-refractivity contribution in [1.29, 1.82) is 0 Å². The minimum atomic E-state index is -0.444. The van der Waals surface area contributed by atoms with Crippen LogP contribution in [0.1, 0.15) is 18.7 Å². The maximum absolute atomic E-state index is 9.64. The Labute approximate surface area is 107 Å². The predicted octanol–water partition coefficient (Wildman–Crippen LogP) is 2.18. The second-order valence-corrected chi connectivity index (χ2v) is 5.22. The number of ether oxygens (including phenoxy) is 1. The second kappa shape index (κ2) is 8.42. The third kappa shape index (κ3) is 7.28. The normalized spacial score (nSPS) is 12.4. The van der Waals surface area contributed by atoms with E-state index in [9.17, 15) is 5.11 Å². The van der Waals surface area contributed by atoms with Crippen LogP contribution < -0.4 is 5.32 Å². The van der Waals surface area contributed by atoms with Crippen molar-refractivity contribution in [3.05, 3.63) is 34.0 Å². The molecule has 1 atom stereocenters. The van der Waals surface area contributed by atoms with Crippen molar-refractivity contribution in [2.75, 3.05) is 19.7 Å². The number of nitrogens with one attached hydrogen (secondary N) is 1. The maximum atomic E-state index is 9.64. The van der Waals surface area contributed by atoms with Crippen LogP contribution in [0, 0.1) is 0 Å². The van der Waals surface area contributed by atoms with Crippen LogP contribution in [0.15, 0.2) is 29.2 Å². The fourth-order valence-electron chi connectivity index (χ4n) is 1.28. The summed E-state index contributed by atoms with van der Waals surface area (Å²) in [4.78, 5) is 1.19. The SMILES string of the molecule is CC(C)=CCNCC(O)COCc1cccs1. The Hall–Kier alpha value is -0.680. The van der Waals surface area contributed by atoms with Crippen LogP contribution in [0.2, 0.25) is 0 Å². The molecule has 0 amide bonds. The minimum Gasteiger partial charge on any atom is -0.389 e. The van der Waals surface area contributed by atoms with Gasteiger partial charge in [0.05, 0.1) is 19.3 Å². The molecule has 1 heterocycles. The molecule has 0 fully saturated rings. The van der Waals surface area contributed by atoms with Crippen molar-refractivity contribution in [3.63, 3.8) is 0 Å². The molecule has 0 aromatic carbocycles. The molecule has 96 valence electrons. The largest absolute Gasteiger partial charge is 0.389 e. The molecule has 0 spiro atoms. The Bertz CT molecular complexity index is 318. The summed E-state index contributed by atoms with van der Waals surface area (Å²) < 4.78 is 5.42. The zero-order valence-corrected chi connectivity index (χ0v) is 11.3. The molecule has 0 aliphatic heterocycles. The summed E-state index contributed by atoms with van der Waals surface area (Å²) in [5, 5.41) is 14.8. The van der Waals surface area contributed by atoms with Gasteiger partial charge in [0.1, 0.15) is 0 Å². The summed E-state index contributed by atoms with van der Waals surface area (Å²) in [5.74, 6) is 0. The number of aliphatic hydroxyl groups is 1. The fraction of sp³-hybridized carbons (Fsp3) is 0.538. The van der Waals surface area contributed by atoms with E-state index in [4.69, 9.17) is 4.74 Å². The van der Waals surface area contributed by atoms with Gasteiger partial charge in [0, 0.05) is 18.0 Å². The molecule has 0 saturated heterocycles. The molecule has 0 aliphatic rings. The Morgan fingerprint density at radius 3 is 3.06 bits per heavy atom. The highest BCUT2D eigenvalue weighted by atomic mass is 32.1. The van der Waals surface area contributed by atoms with Crippen LogP contribution in [-0.2, 0) is 11.3 Å². The van der Waals surface area contributed by atoms with Gasteiger partial charge in [0.15, 0.2) is 0 Å². The van der Waals surface area contributed by atoms with E-state index in [0.717, 1.165) is 6.54 Å². The molecular weight excluding hydrogens is 234 g/mol. The molecule has 3 nitrogen and oxygen atoms in total. The predicted molar refractivity (Wildman–Crippen MR) is 72.3 cm³/mol. The van der Waals surface area contributed by atoms with Gasteiger partial charge in [-0.15, -0.1) is 11.3 Å². The van der Waals surface area contributed by atoms with Crippen molar-refractivity contribution in [1.82, 2.24) is 5.32 Å². The molecule has 1 rings (SSSR count). The molecule has 0 aliphatic carbocycles. The summed E-state index contributed by atoms with van der Waals surface area (Å²) in [5.41, 5.74) is 1.28. The topological polar surface area (TPSA) is 41.5 Å². The highest BCUT2D eigenvalue weighted by Gasteiger charge is 2.03. The first-order chi connectivity index (χ1) is 8.18. The van der Waals surface area contributed by atoms with Gasteiger partial charge < -0.3 is 15.2 Å². The third-order valence-corrected chi connectivity index (χ3v) is 3.02. The molecule has 0 saturated carbocycles. The zero-order chi connectivity index (χ0) is 12.5. The molecular formula is C13H21NO2S. The van der Waals surface area contributed by atoms with Gasteiger partial charge in [-0.05, 0) is 25.3 Å². The maximum Gasteiger partial charge on any atom is 0.0897 e. The van der Waals surface area contributed by atoms with Crippen LogP contribution in [0.5, 0.6) is 0 Å². The number of thiophene rings is 1. The van der Waals surface area contributed by atoms with E-state index in [-0.39, 0.29) is 0 Å². The average molecular weight is 255 g/mol. The zero-order valence-electron chi connectivity index (χ0n) is 10.5. The minimum absolute atomic E-state index is 0.375. The monoisotopic (exact) mass is 255 g/mol. The Balaban J connectivity index is 2.01. The van der Waals surface area contributed by atoms with Crippen LogP contribution in [-0.4, -0.2) is 30.9 Å². The van der Waals surface area contributed by atoms with Gasteiger partial charge in [0.25, 0.3) is 0 Å². The molecule has 1 aromatic rings. The number of hydrogen-bond donors (Lipinski definition) is 2. The smallest absolute Gasteiger partial charge is 0.0897 e. The highest BCUT2D eigenvalue weighted by Crippen LogP contribution is 2.09. The van der Waals surface area contributed by atoms with Crippen molar-refractivity contribution < 1.29 is 9.84 Å². The van der Waals surface area contributed by atoms with E-state index in [1.807, 2.05) is 17.5 Å². The van der Waals surface area contributed by atoms with Gasteiger partial charge in [-0.2, -0.15) is 0 Å². The third-order valence-electron chi connectivity index (χ3n) is 2.17. The van der Waals surface area contributed by atoms with Gasteiger partial charge in [-0.3, -0.25) is 0 Å². The van der Waals surface area contributed by atoms with E-state index in [2.05, 4.69) is 25.2 Å². The first kappa shape index (κ1) is 14.4. The van der Waals surface area contributed by atoms with Gasteiger partial charge in [0.2, 0.25) is 0 Å². The summed E-state index contributed by atoms with van der Waals surface area (Å²) in [6.45, 7) is 6.44. The van der Waals surface area contributed by atoms with E-state index >= 15 is 0 Å². The summed E-state index contributed by atoms with van der Waals surface area (Å²) in [6, 6.07) is 4.03. The lowest BCUT2D eigenvalue weighted by molar-refractivity contribution is 0.0303. The average Bonchev–Trinajstić information content (AvgIpc) is 2.77. The lowest BCUT2D eigenvalue weighted by Crippen LogP contribution is -2.30. The Morgan fingerprint density at radius 2 is 2.41 bits per heavy atom. The van der Waals surface area contributed by atoms with Crippen LogP contribution in [0.25, 0.3) is 0 Å². The van der Waals surface area contributed by atoms with Gasteiger partial charge >= 0.3 is 0 Å². The summed E-state index contributed by atoms with van der Waals surface area (Å²) >= 11 is 1.67. The van der Waals surface area contributed by atoms with Crippen LogP contribution in [0.4, 0.5) is 0 Å². The lowest BCUT2D eigenvalue weighted by Gasteiger charge is -2.11. The summed E-state index contributed by atoms with van der Waals surface area (Å²) in [6.07, 6.45) is 1.65. The van der Waals surface area contributed by atoms with Crippen LogP contribution in [0.3, 0.4) is 0 Å². The first-order valence-corrected chi connectivity index (χ1v) is 6.68. The molecule has 4 heteroatoms. The van der Waals surface area contributed by atoms with E-state index in [1.165, 1.54) is 10.5 Å². The standard InChI is InChI=1S/C13H21NO2S/c1-11(2)5-6-14-8-12(15)9-16-10-13-4-3-7-17-13/h3-5,7,12,14-15H,6,8-10H2,1-2H3. The molecule has 2 N–H and O–H groups in total. The molecule has 1 aromatic heterocycles. The molecule has 0 bridgehead atoms. The van der Waals surface area contributed by atoms with E-state index < -0.39 is 6.10 Å². The van der Waals surface area contributed by atoms with Gasteiger partial charge in [-0.1, -0.05) is 17.7 Å². The Morgan fingerprint density at radius 1 is 1.59 bits per heavy atom. The first-order valence-electron chi connectivity index (χ1n) is 5.80. The quantitative estimate of drug-likeness (QED) is 0.552. The van der Waals surface area contributed by atoms with Crippen molar-refractivity contribution in [2.24, 2.45) is 0 Å².